The van der Waals surface area contributed by atoms with Crippen LogP contribution in [0.2, 0.25) is 0 Å². The summed E-state index contributed by atoms with van der Waals surface area (Å²) < 4.78 is 18.6. The molecule has 41 heavy (non-hydrogen) atoms. The second-order valence-corrected chi connectivity index (χ2v) is 11.7. The number of aliphatic hydroxyl groups is 1. The SMILES string of the molecule is CC(C)(O)C(C)(C)OBc1ccc2oc3ccc(-c4cccc(-c5nc6ccc7ccccc7c6o5)c4)cc3c2c1. The minimum Gasteiger partial charge on any atom is -0.456 e. The first-order chi connectivity index (χ1) is 19.7. The average Bonchev–Trinajstić information content (AvgIpc) is 3.57. The highest BCUT2D eigenvalue weighted by molar-refractivity contribution is 6.47. The molecule has 0 amide bonds. The van der Waals surface area contributed by atoms with E-state index in [1.807, 2.05) is 62.4 Å². The number of aromatic nitrogens is 1. The number of nitrogens with zero attached hydrogens (tertiary/aromatic N) is 1. The lowest BCUT2D eigenvalue weighted by Gasteiger charge is -2.37. The van der Waals surface area contributed by atoms with Crippen LogP contribution in [0.1, 0.15) is 27.7 Å². The first-order valence-electron chi connectivity index (χ1n) is 13.9. The third-order valence-electron chi connectivity index (χ3n) is 8.33. The monoisotopic (exact) mass is 539 g/mol. The van der Waals surface area contributed by atoms with Gasteiger partial charge in [0.05, 0.1) is 11.2 Å². The Balaban J connectivity index is 1.24. The second-order valence-electron chi connectivity index (χ2n) is 11.7. The molecule has 0 saturated heterocycles. The highest BCUT2D eigenvalue weighted by Gasteiger charge is 2.35. The molecule has 0 atom stereocenters. The molecule has 5 aromatic carbocycles. The van der Waals surface area contributed by atoms with Crippen molar-refractivity contribution in [3.8, 4) is 22.6 Å². The number of rotatable bonds is 6. The smallest absolute Gasteiger partial charge is 0.309 e. The minimum atomic E-state index is -0.964. The van der Waals surface area contributed by atoms with Gasteiger partial charge in [-0.1, -0.05) is 66.1 Å². The molecule has 6 heteroatoms. The summed E-state index contributed by atoms with van der Waals surface area (Å²) >= 11 is 0. The number of benzene rings is 5. The van der Waals surface area contributed by atoms with Gasteiger partial charge in [-0.25, -0.2) is 4.98 Å². The summed E-state index contributed by atoms with van der Waals surface area (Å²) in [5.41, 5.74) is 5.75. The predicted molar refractivity (Wildman–Crippen MR) is 168 cm³/mol. The van der Waals surface area contributed by atoms with Gasteiger partial charge < -0.3 is 18.6 Å². The van der Waals surface area contributed by atoms with Crippen molar-refractivity contribution in [2.45, 2.75) is 38.9 Å². The highest BCUT2D eigenvalue weighted by Crippen LogP contribution is 2.35. The molecular formula is C35H30BNO4. The molecule has 0 unspecified atom stereocenters. The lowest BCUT2D eigenvalue weighted by Crippen LogP contribution is -2.49. The van der Waals surface area contributed by atoms with E-state index in [1.165, 1.54) is 0 Å². The minimum absolute atomic E-state index is 0.390. The van der Waals surface area contributed by atoms with Crippen LogP contribution < -0.4 is 5.46 Å². The van der Waals surface area contributed by atoms with E-state index in [9.17, 15) is 5.11 Å². The van der Waals surface area contributed by atoms with Gasteiger partial charge >= 0.3 is 7.48 Å². The largest absolute Gasteiger partial charge is 0.456 e. The van der Waals surface area contributed by atoms with Gasteiger partial charge in [0.1, 0.15) is 16.7 Å². The van der Waals surface area contributed by atoms with Gasteiger partial charge in [0.2, 0.25) is 5.89 Å². The lowest BCUT2D eigenvalue weighted by atomic mass is 9.82. The van der Waals surface area contributed by atoms with Crippen molar-refractivity contribution in [2.75, 3.05) is 0 Å². The number of hydrogen-bond acceptors (Lipinski definition) is 5. The van der Waals surface area contributed by atoms with Crippen LogP contribution in [-0.4, -0.2) is 28.8 Å². The molecule has 5 nitrogen and oxygen atoms in total. The van der Waals surface area contributed by atoms with Crippen LogP contribution in [0.3, 0.4) is 0 Å². The van der Waals surface area contributed by atoms with Crippen LogP contribution in [0.25, 0.3) is 66.4 Å². The molecule has 7 rings (SSSR count). The molecule has 0 aliphatic carbocycles. The summed E-state index contributed by atoms with van der Waals surface area (Å²) in [6.07, 6.45) is 0. The maximum absolute atomic E-state index is 10.5. The molecule has 0 aliphatic rings. The highest BCUT2D eigenvalue weighted by atomic mass is 16.5. The van der Waals surface area contributed by atoms with E-state index in [4.69, 9.17) is 18.5 Å². The van der Waals surface area contributed by atoms with Crippen LogP contribution >= 0.6 is 0 Å². The van der Waals surface area contributed by atoms with Gasteiger partial charge in [0.15, 0.2) is 5.58 Å². The van der Waals surface area contributed by atoms with Gasteiger partial charge in [-0.3, -0.25) is 0 Å². The van der Waals surface area contributed by atoms with E-state index >= 15 is 0 Å². The summed E-state index contributed by atoms with van der Waals surface area (Å²) in [4.78, 5) is 4.80. The number of oxazole rings is 1. The summed E-state index contributed by atoms with van der Waals surface area (Å²) in [6.45, 7) is 7.34. The van der Waals surface area contributed by atoms with Crippen molar-refractivity contribution >= 4 is 56.8 Å². The van der Waals surface area contributed by atoms with Crippen LogP contribution in [0, 0.1) is 0 Å². The Hall–Kier alpha value is -4.39. The molecule has 0 bridgehead atoms. The van der Waals surface area contributed by atoms with E-state index in [-0.39, 0.29) is 0 Å². The fraction of sp³-hybridized carbons (Fsp3) is 0.171. The number of furan rings is 1. The third kappa shape index (κ3) is 4.50. The molecule has 0 saturated carbocycles. The molecule has 0 spiro atoms. The van der Waals surface area contributed by atoms with Crippen molar-refractivity contribution in [3.05, 3.63) is 97.1 Å². The molecule has 202 valence electrons. The molecule has 2 aromatic heterocycles. The summed E-state index contributed by atoms with van der Waals surface area (Å²) in [5, 5.41) is 14.7. The van der Waals surface area contributed by atoms with E-state index in [0.717, 1.165) is 66.0 Å². The Morgan fingerprint density at radius 2 is 1.41 bits per heavy atom. The summed E-state index contributed by atoms with van der Waals surface area (Å²) in [7, 11) is 0.390. The Morgan fingerprint density at radius 1 is 0.683 bits per heavy atom. The van der Waals surface area contributed by atoms with E-state index in [2.05, 4.69) is 48.5 Å². The van der Waals surface area contributed by atoms with Gasteiger partial charge in [-0.15, -0.1) is 0 Å². The zero-order valence-electron chi connectivity index (χ0n) is 23.6. The van der Waals surface area contributed by atoms with Gasteiger partial charge in [-0.2, -0.15) is 0 Å². The standard InChI is InChI=1S/C35H30BNO4/c1-34(2,38)35(3,4)41-36-25-14-17-31-28(20-25)27-19-23(13-16-30(27)39-31)22-9-7-10-24(18-22)33-37-29-15-12-21-8-5-6-11-26(21)32(29)40-33/h5-20,36,38H,1-4H3. The molecule has 7 aromatic rings. The van der Waals surface area contributed by atoms with Crippen LogP contribution in [0.5, 0.6) is 0 Å². The zero-order valence-corrected chi connectivity index (χ0v) is 23.6. The van der Waals surface area contributed by atoms with Crippen molar-refractivity contribution in [2.24, 2.45) is 0 Å². The first kappa shape index (κ1) is 25.6. The van der Waals surface area contributed by atoms with E-state index < -0.39 is 11.2 Å². The van der Waals surface area contributed by atoms with Crippen molar-refractivity contribution in [1.82, 2.24) is 4.98 Å². The Bertz CT molecular complexity index is 2080. The van der Waals surface area contributed by atoms with Crippen LogP contribution in [-0.2, 0) is 4.65 Å². The Morgan fingerprint density at radius 3 is 2.24 bits per heavy atom. The quantitative estimate of drug-likeness (QED) is 0.219. The second kappa shape index (κ2) is 9.33. The molecular weight excluding hydrogens is 509 g/mol. The molecule has 0 aliphatic heterocycles. The first-order valence-corrected chi connectivity index (χ1v) is 13.9. The number of fused-ring (bicyclic) bond motifs is 6. The van der Waals surface area contributed by atoms with E-state index in [1.54, 1.807) is 13.8 Å². The maximum atomic E-state index is 10.5. The molecule has 2 heterocycles. The average molecular weight is 539 g/mol. The lowest BCUT2D eigenvalue weighted by molar-refractivity contribution is -0.0893. The van der Waals surface area contributed by atoms with Crippen LogP contribution in [0.4, 0.5) is 0 Å². The Kier molecular flexibility index (Phi) is 5.82. The maximum Gasteiger partial charge on any atom is 0.309 e. The van der Waals surface area contributed by atoms with Gasteiger partial charge in [0.25, 0.3) is 0 Å². The van der Waals surface area contributed by atoms with Crippen molar-refractivity contribution in [3.63, 3.8) is 0 Å². The fourth-order valence-electron chi connectivity index (χ4n) is 5.15. The topological polar surface area (TPSA) is 68.6 Å². The van der Waals surface area contributed by atoms with E-state index in [0.29, 0.717) is 13.4 Å². The normalized spacial score (nSPS) is 12.6. The molecule has 1 N–H and O–H groups in total. The number of hydrogen-bond donors (Lipinski definition) is 1. The van der Waals surface area contributed by atoms with Crippen molar-refractivity contribution in [1.29, 1.82) is 0 Å². The molecule has 0 fully saturated rings. The fourth-order valence-corrected chi connectivity index (χ4v) is 5.15. The molecule has 0 radical (unpaired) electrons. The van der Waals surface area contributed by atoms with Gasteiger partial charge in [-0.05, 0) is 80.6 Å². The third-order valence-corrected chi connectivity index (χ3v) is 8.33. The summed E-state index contributed by atoms with van der Waals surface area (Å²) in [5.74, 6) is 0.603. The van der Waals surface area contributed by atoms with Crippen molar-refractivity contribution < 1.29 is 18.6 Å². The predicted octanol–water partition coefficient (Wildman–Crippen LogP) is 7.76. The Labute approximate surface area is 238 Å². The van der Waals surface area contributed by atoms with Gasteiger partial charge in [0, 0.05) is 21.7 Å². The zero-order chi connectivity index (χ0) is 28.4. The summed E-state index contributed by atoms with van der Waals surface area (Å²) in [6, 6.07) is 33.0. The van der Waals surface area contributed by atoms with Crippen LogP contribution in [0.15, 0.2) is 106 Å².